The molecule has 3 aliphatic rings. The zero-order valence-electron chi connectivity index (χ0n) is 16.1. The SMILES string of the molecule is CCCC1CCC(C2CCC(C(=O)OC3CCC(F)CC3)CC2)CC1. The number of carbonyl (C=O) groups is 1. The van der Waals surface area contributed by atoms with Crippen molar-refractivity contribution in [1.82, 2.24) is 0 Å². The van der Waals surface area contributed by atoms with Crippen LogP contribution in [0.1, 0.15) is 96.8 Å². The predicted molar refractivity (Wildman–Crippen MR) is 99.0 cm³/mol. The number of alkyl halides is 1. The van der Waals surface area contributed by atoms with Crippen molar-refractivity contribution in [3.05, 3.63) is 0 Å². The Hall–Kier alpha value is -0.600. The van der Waals surface area contributed by atoms with E-state index in [9.17, 15) is 9.18 Å². The Bertz CT molecular complexity index is 400. The minimum atomic E-state index is -0.683. The van der Waals surface area contributed by atoms with Crippen LogP contribution in [0.15, 0.2) is 0 Å². The van der Waals surface area contributed by atoms with Crippen molar-refractivity contribution in [2.24, 2.45) is 23.7 Å². The summed E-state index contributed by atoms with van der Waals surface area (Å²) < 4.78 is 18.9. The quantitative estimate of drug-likeness (QED) is 0.549. The Morgan fingerprint density at radius 2 is 1.40 bits per heavy atom. The molecule has 0 bridgehead atoms. The van der Waals surface area contributed by atoms with E-state index in [1.54, 1.807) is 0 Å². The Balaban J connectivity index is 1.36. The maximum absolute atomic E-state index is 13.2. The van der Waals surface area contributed by atoms with E-state index >= 15 is 0 Å². The summed E-state index contributed by atoms with van der Waals surface area (Å²) in [6.45, 7) is 2.30. The topological polar surface area (TPSA) is 26.3 Å². The first kappa shape index (κ1) is 19.2. The van der Waals surface area contributed by atoms with Crippen molar-refractivity contribution in [3.8, 4) is 0 Å². The van der Waals surface area contributed by atoms with E-state index in [0.29, 0.717) is 25.7 Å². The van der Waals surface area contributed by atoms with Crippen LogP contribution in [0.25, 0.3) is 0 Å². The van der Waals surface area contributed by atoms with Crippen molar-refractivity contribution < 1.29 is 13.9 Å². The van der Waals surface area contributed by atoms with Gasteiger partial charge in [0.15, 0.2) is 0 Å². The number of carbonyl (C=O) groups excluding carboxylic acids is 1. The van der Waals surface area contributed by atoms with Crippen molar-refractivity contribution in [1.29, 1.82) is 0 Å². The average Bonchev–Trinajstić information content (AvgIpc) is 2.65. The third-order valence-corrected chi connectivity index (χ3v) is 7.25. The highest BCUT2D eigenvalue weighted by molar-refractivity contribution is 5.72. The maximum Gasteiger partial charge on any atom is 0.309 e. The minimum Gasteiger partial charge on any atom is -0.462 e. The Morgan fingerprint density at radius 1 is 0.840 bits per heavy atom. The zero-order chi connectivity index (χ0) is 17.6. The number of ether oxygens (including phenoxy) is 1. The van der Waals surface area contributed by atoms with Crippen LogP contribution in [0.3, 0.4) is 0 Å². The number of esters is 1. The average molecular weight is 353 g/mol. The lowest BCUT2D eigenvalue weighted by Crippen LogP contribution is -2.32. The van der Waals surface area contributed by atoms with Gasteiger partial charge in [-0.15, -0.1) is 0 Å². The van der Waals surface area contributed by atoms with Gasteiger partial charge in [0, 0.05) is 0 Å². The summed E-state index contributed by atoms with van der Waals surface area (Å²) in [5.74, 6) is 2.84. The second-order valence-electron chi connectivity index (χ2n) is 8.99. The van der Waals surface area contributed by atoms with E-state index in [4.69, 9.17) is 4.74 Å². The van der Waals surface area contributed by atoms with Gasteiger partial charge in [0.2, 0.25) is 0 Å². The van der Waals surface area contributed by atoms with E-state index in [1.807, 2.05) is 0 Å². The second kappa shape index (κ2) is 9.37. The van der Waals surface area contributed by atoms with Gasteiger partial charge in [-0.05, 0) is 82.0 Å². The fourth-order valence-corrected chi connectivity index (χ4v) is 5.58. The molecule has 3 aliphatic carbocycles. The van der Waals surface area contributed by atoms with Gasteiger partial charge in [0.05, 0.1) is 5.92 Å². The summed E-state index contributed by atoms with van der Waals surface area (Å²) in [6, 6.07) is 0. The van der Waals surface area contributed by atoms with Crippen LogP contribution < -0.4 is 0 Å². The Labute approximate surface area is 153 Å². The van der Waals surface area contributed by atoms with Gasteiger partial charge in [-0.3, -0.25) is 4.79 Å². The van der Waals surface area contributed by atoms with Gasteiger partial charge in [0.1, 0.15) is 12.3 Å². The molecule has 0 aromatic rings. The highest BCUT2D eigenvalue weighted by atomic mass is 19.1. The number of rotatable bonds is 5. The van der Waals surface area contributed by atoms with Gasteiger partial charge in [-0.2, -0.15) is 0 Å². The summed E-state index contributed by atoms with van der Waals surface area (Å²) in [5, 5.41) is 0. The van der Waals surface area contributed by atoms with E-state index in [-0.39, 0.29) is 18.0 Å². The minimum absolute atomic E-state index is 0.00686. The van der Waals surface area contributed by atoms with Crippen LogP contribution in [0.4, 0.5) is 4.39 Å². The fraction of sp³-hybridized carbons (Fsp3) is 0.955. The molecule has 0 spiro atoms. The first-order valence-corrected chi connectivity index (χ1v) is 11.0. The van der Waals surface area contributed by atoms with Crippen LogP contribution in [-0.4, -0.2) is 18.2 Å². The summed E-state index contributed by atoms with van der Waals surface area (Å²) in [7, 11) is 0. The van der Waals surface area contributed by atoms with E-state index in [2.05, 4.69) is 6.92 Å². The van der Waals surface area contributed by atoms with Gasteiger partial charge in [-0.25, -0.2) is 4.39 Å². The lowest BCUT2D eigenvalue weighted by molar-refractivity contribution is -0.157. The molecular formula is C22H37FO2. The fourth-order valence-electron chi connectivity index (χ4n) is 5.58. The third-order valence-electron chi connectivity index (χ3n) is 7.25. The molecule has 144 valence electrons. The van der Waals surface area contributed by atoms with Crippen LogP contribution in [0.5, 0.6) is 0 Å². The summed E-state index contributed by atoms with van der Waals surface area (Å²) >= 11 is 0. The standard InChI is InChI=1S/C22H37FO2/c1-2-3-16-4-6-17(7-5-16)18-8-10-19(11-9-18)22(24)25-21-14-12-20(23)13-15-21/h16-21H,2-15H2,1H3. The predicted octanol–water partition coefficient (Wildman–Crippen LogP) is 6.22. The molecule has 0 aliphatic heterocycles. The van der Waals surface area contributed by atoms with Crippen LogP contribution in [0.2, 0.25) is 0 Å². The van der Waals surface area contributed by atoms with Gasteiger partial charge in [0.25, 0.3) is 0 Å². The highest BCUT2D eigenvalue weighted by Gasteiger charge is 2.34. The highest BCUT2D eigenvalue weighted by Crippen LogP contribution is 2.42. The molecule has 0 atom stereocenters. The molecule has 3 heteroatoms. The molecular weight excluding hydrogens is 315 g/mol. The van der Waals surface area contributed by atoms with Crippen molar-refractivity contribution in [3.63, 3.8) is 0 Å². The molecule has 0 amide bonds. The number of hydrogen-bond donors (Lipinski definition) is 0. The molecule has 3 rings (SSSR count). The second-order valence-corrected chi connectivity index (χ2v) is 8.99. The maximum atomic E-state index is 13.2. The monoisotopic (exact) mass is 352 g/mol. The normalized spacial score (nSPS) is 39.8. The molecule has 0 radical (unpaired) electrons. The molecule has 3 fully saturated rings. The molecule has 0 aromatic heterocycles. The number of hydrogen-bond acceptors (Lipinski definition) is 2. The summed E-state index contributed by atoms with van der Waals surface area (Å²) in [5.41, 5.74) is 0. The molecule has 0 heterocycles. The smallest absolute Gasteiger partial charge is 0.309 e. The third kappa shape index (κ3) is 5.44. The van der Waals surface area contributed by atoms with Crippen molar-refractivity contribution in [2.75, 3.05) is 0 Å². The summed E-state index contributed by atoms with van der Waals surface area (Å²) in [6.07, 6.45) is 14.7. The van der Waals surface area contributed by atoms with E-state index in [1.165, 1.54) is 51.4 Å². The molecule has 0 aromatic carbocycles. The lowest BCUT2D eigenvalue weighted by atomic mass is 9.69. The van der Waals surface area contributed by atoms with E-state index in [0.717, 1.165) is 30.6 Å². The lowest BCUT2D eigenvalue weighted by Gasteiger charge is -2.37. The molecule has 0 N–H and O–H groups in total. The Morgan fingerprint density at radius 3 is 1.96 bits per heavy atom. The first-order valence-electron chi connectivity index (χ1n) is 11.0. The zero-order valence-corrected chi connectivity index (χ0v) is 16.1. The van der Waals surface area contributed by atoms with Crippen molar-refractivity contribution in [2.45, 2.75) is 109 Å². The largest absolute Gasteiger partial charge is 0.462 e. The van der Waals surface area contributed by atoms with E-state index < -0.39 is 6.17 Å². The molecule has 3 saturated carbocycles. The van der Waals surface area contributed by atoms with Gasteiger partial charge < -0.3 is 4.74 Å². The first-order chi connectivity index (χ1) is 12.2. The van der Waals surface area contributed by atoms with Crippen LogP contribution in [-0.2, 0) is 9.53 Å². The number of halogens is 1. The molecule has 2 nitrogen and oxygen atoms in total. The molecule has 0 saturated heterocycles. The van der Waals surface area contributed by atoms with Crippen LogP contribution in [0, 0.1) is 23.7 Å². The van der Waals surface area contributed by atoms with Crippen LogP contribution >= 0.6 is 0 Å². The molecule has 0 unspecified atom stereocenters. The Kier molecular flexibility index (Phi) is 7.18. The van der Waals surface area contributed by atoms with Crippen molar-refractivity contribution >= 4 is 5.97 Å². The van der Waals surface area contributed by atoms with Gasteiger partial charge in [-0.1, -0.05) is 32.6 Å². The summed E-state index contributed by atoms with van der Waals surface area (Å²) in [4.78, 5) is 12.4. The van der Waals surface area contributed by atoms with Gasteiger partial charge >= 0.3 is 5.97 Å². The molecule has 25 heavy (non-hydrogen) atoms.